The Kier molecular flexibility index (Phi) is 3.74. The first kappa shape index (κ1) is 13.4. The maximum absolute atomic E-state index is 12.2. The molecule has 1 atom stereocenters. The first-order valence-corrected chi connectivity index (χ1v) is 6.47. The number of primary amides is 1. The number of amides is 2. The zero-order valence-electron chi connectivity index (χ0n) is 11.1. The fraction of sp³-hybridized carbons (Fsp3) is 0.429. The van der Waals surface area contributed by atoms with Gasteiger partial charge in [0, 0.05) is 24.3 Å². The summed E-state index contributed by atoms with van der Waals surface area (Å²) in [5, 5.41) is 0. The Morgan fingerprint density at radius 2 is 2.16 bits per heavy atom. The zero-order chi connectivity index (χ0) is 14.0. The molecule has 1 aromatic carbocycles. The third kappa shape index (κ3) is 2.86. The zero-order valence-corrected chi connectivity index (χ0v) is 11.1. The van der Waals surface area contributed by atoms with Gasteiger partial charge in [0.25, 0.3) is 0 Å². The second kappa shape index (κ2) is 5.30. The van der Waals surface area contributed by atoms with E-state index in [1.54, 1.807) is 17.9 Å². The number of hydrogen-bond donors (Lipinski definition) is 2. The number of nitrogens with zero attached hydrogens (tertiary/aromatic N) is 1. The highest BCUT2D eigenvalue weighted by Crippen LogP contribution is 2.29. The predicted molar refractivity (Wildman–Crippen MR) is 74.5 cm³/mol. The largest absolute Gasteiger partial charge is 0.399 e. The summed E-state index contributed by atoms with van der Waals surface area (Å²) >= 11 is 0. The lowest BCUT2D eigenvalue weighted by molar-refractivity contribution is -0.121. The Morgan fingerprint density at radius 3 is 2.84 bits per heavy atom. The summed E-state index contributed by atoms with van der Waals surface area (Å²) < 4.78 is 0. The third-order valence-electron chi connectivity index (χ3n) is 3.47. The van der Waals surface area contributed by atoms with Crippen LogP contribution >= 0.6 is 0 Å². The van der Waals surface area contributed by atoms with Gasteiger partial charge in [0.05, 0.1) is 5.92 Å². The highest BCUT2D eigenvalue weighted by molar-refractivity contribution is 5.96. The van der Waals surface area contributed by atoms with Crippen molar-refractivity contribution < 1.29 is 9.59 Å². The summed E-state index contributed by atoms with van der Waals surface area (Å²) in [5.74, 6) is -0.724. The normalized spacial score (nSPS) is 16.7. The van der Waals surface area contributed by atoms with Gasteiger partial charge in [0.15, 0.2) is 0 Å². The molecule has 102 valence electrons. The van der Waals surface area contributed by atoms with Crippen molar-refractivity contribution in [1.29, 1.82) is 0 Å². The second-order valence-corrected chi connectivity index (χ2v) is 5.05. The molecule has 5 heteroatoms. The summed E-state index contributed by atoms with van der Waals surface area (Å²) in [6.45, 7) is 2.06. The number of rotatable bonds is 3. The molecule has 1 unspecified atom stereocenters. The SMILES string of the molecule is CC(CN1C(=O)CCCc2cc(N)ccc21)C(N)=O. The van der Waals surface area contributed by atoms with Crippen LogP contribution in [0.15, 0.2) is 18.2 Å². The van der Waals surface area contributed by atoms with Crippen LogP contribution in [-0.2, 0) is 16.0 Å². The molecule has 0 fully saturated rings. The standard InChI is InChI=1S/C14H19N3O2/c1-9(14(16)19)8-17-12-6-5-11(15)7-10(12)3-2-4-13(17)18/h5-7,9H,2-4,8,15H2,1H3,(H2,16,19). The lowest BCUT2D eigenvalue weighted by Crippen LogP contribution is -2.38. The van der Waals surface area contributed by atoms with Crippen molar-refractivity contribution in [2.24, 2.45) is 11.7 Å². The molecular weight excluding hydrogens is 242 g/mol. The first-order chi connectivity index (χ1) is 8.99. The third-order valence-corrected chi connectivity index (χ3v) is 3.47. The van der Waals surface area contributed by atoms with E-state index in [0.717, 1.165) is 24.1 Å². The Hall–Kier alpha value is -2.04. The number of hydrogen-bond acceptors (Lipinski definition) is 3. The smallest absolute Gasteiger partial charge is 0.227 e. The average Bonchev–Trinajstić information content (AvgIpc) is 2.49. The number of benzene rings is 1. The van der Waals surface area contributed by atoms with Crippen LogP contribution in [0.25, 0.3) is 0 Å². The summed E-state index contributed by atoms with van der Waals surface area (Å²) in [4.78, 5) is 25.0. The van der Waals surface area contributed by atoms with Gasteiger partial charge in [-0.3, -0.25) is 9.59 Å². The molecule has 1 heterocycles. The number of carbonyl (C=O) groups excluding carboxylic acids is 2. The fourth-order valence-corrected chi connectivity index (χ4v) is 2.33. The van der Waals surface area contributed by atoms with Crippen molar-refractivity contribution in [2.45, 2.75) is 26.2 Å². The quantitative estimate of drug-likeness (QED) is 0.797. The first-order valence-electron chi connectivity index (χ1n) is 6.47. The van der Waals surface area contributed by atoms with Gasteiger partial charge in [-0.25, -0.2) is 0 Å². The van der Waals surface area contributed by atoms with E-state index in [-0.39, 0.29) is 11.8 Å². The number of aryl methyl sites for hydroxylation is 1. The summed E-state index contributed by atoms with van der Waals surface area (Å²) in [6, 6.07) is 5.52. The van der Waals surface area contributed by atoms with Gasteiger partial charge < -0.3 is 16.4 Å². The van der Waals surface area contributed by atoms with Gasteiger partial charge in [-0.05, 0) is 36.6 Å². The molecule has 2 rings (SSSR count). The van der Waals surface area contributed by atoms with Gasteiger partial charge in [0.2, 0.25) is 11.8 Å². The number of nitrogens with two attached hydrogens (primary N) is 2. The molecule has 2 amide bonds. The van der Waals surface area contributed by atoms with Crippen LogP contribution in [0, 0.1) is 5.92 Å². The van der Waals surface area contributed by atoms with Crippen molar-refractivity contribution in [3.05, 3.63) is 23.8 Å². The van der Waals surface area contributed by atoms with Crippen molar-refractivity contribution in [3.8, 4) is 0 Å². The summed E-state index contributed by atoms with van der Waals surface area (Å²) in [6.07, 6.45) is 2.12. The van der Waals surface area contributed by atoms with E-state index >= 15 is 0 Å². The Morgan fingerprint density at radius 1 is 1.42 bits per heavy atom. The maximum Gasteiger partial charge on any atom is 0.227 e. The molecule has 19 heavy (non-hydrogen) atoms. The molecule has 1 aromatic rings. The van der Waals surface area contributed by atoms with E-state index < -0.39 is 5.91 Å². The van der Waals surface area contributed by atoms with E-state index in [1.807, 2.05) is 12.1 Å². The van der Waals surface area contributed by atoms with Gasteiger partial charge in [-0.2, -0.15) is 0 Å². The van der Waals surface area contributed by atoms with Crippen LogP contribution in [0.4, 0.5) is 11.4 Å². The Balaban J connectivity index is 2.35. The van der Waals surface area contributed by atoms with Crippen LogP contribution in [0.1, 0.15) is 25.3 Å². The van der Waals surface area contributed by atoms with Gasteiger partial charge in [-0.15, -0.1) is 0 Å². The number of nitrogen functional groups attached to an aromatic ring is 1. The van der Waals surface area contributed by atoms with Crippen LogP contribution < -0.4 is 16.4 Å². The van der Waals surface area contributed by atoms with Crippen molar-refractivity contribution in [1.82, 2.24) is 0 Å². The van der Waals surface area contributed by atoms with E-state index in [1.165, 1.54) is 0 Å². The molecule has 0 saturated heterocycles. The second-order valence-electron chi connectivity index (χ2n) is 5.05. The van der Waals surface area contributed by atoms with Crippen molar-refractivity contribution in [3.63, 3.8) is 0 Å². The minimum Gasteiger partial charge on any atom is -0.399 e. The number of anilines is 2. The van der Waals surface area contributed by atoms with E-state index in [0.29, 0.717) is 18.7 Å². The molecule has 0 bridgehead atoms. The van der Waals surface area contributed by atoms with Crippen LogP contribution in [0.2, 0.25) is 0 Å². The van der Waals surface area contributed by atoms with Gasteiger partial charge in [0.1, 0.15) is 0 Å². The highest BCUT2D eigenvalue weighted by atomic mass is 16.2. The maximum atomic E-state index is 12.2. The van der Waals surface area contributed by atoms with Crippen molar-refractivity contribution >= 4 is 23.2 Å². The Bertz CT molecular complexity index is 513. The average molecular weight is 261 g/mol. The molecule has 0 aliphatic carbocycles. The van der Waals surface area contributed by atoms with Crippen LogP contribution in [0.5, 0.6) is 0 Å². The number of fused-ring (bicyclic) bond motifs is 1. The van der Waals surface area contributed by atoms with Crippen LogP contribution in [0.3, 0.4) is 0 Å². The fourth-order valence-electron chi connectivity index (χ4n) is 2.33. The molecule has 5 nitrogen and oxygen atoms in total. The highest BCUT2D eigenvalue weighted by Gasteiger charge is 2.25. The minimum absolute atomic E-state index is 0.0385. The van der Waals surface area contributed by atoms with E-state index in [4.69, 9.17) is 11.5 Å². The predicted octanol–water partition coefficient (Wildman–Crippen LogP) is 1.06. The van der Waals surface area contributed by atoms with Gasteiger partial charge in [-0.1, -0.05) is 6.92 Å². The monoisotopic (exact) mass is 261 g/mol. The summed E-state index contributed by atoms with van der Waals surface area (Å²) in [7, 11) is 0. The lowest BCUT2D eigenvalue weighted by Gasteiger charge is -2.25. The molecule has 0 radical (unpaired) electrons. The van der Waals surface area contributed by atoms with Crippen molar-refractivity contribution in [2.75, 3.05) is 17.2 Å². The molecule has 1 aliphatic heterocycles. The van der Waals surface area contributed by atoms with Crippen LogP contribution in [-0.4, -0.2) is 18.4 Å². The minimum atomic E-state index is -0.394. The molecule has 0 aromatic heterocycles. The molecule has 0 saturated carbocycles. The molecule has 1 aliphatic rings. The van der Waals surface area contributed by atoms with E-state index in [2.05, 4.69) is 0 Å². The Labute approximate surface area is 112 Å². The molecule has 4 N–H and O–H groups in total. The molecular formula is C14H19N3O2. The topological polar surface area (TPSA) is 89.4 Å². The summed E-state index contributed by atoms with van der Waals surface area (Å²) in [5.41, 5.74) is 13.7. The van der Waals surface area contributed by atoms with E-state index in [9.17, 15) is 9.59 Å². The molecule has 0 spiro atoms. The number of carbonyl (C=O) groups is 2. The lowest BCUT2D eigenvalue weighted by atomic mass is 10.1. The van der Waals surface area contributed by atoms with Gasteiger partial charge >= 0.3 is 0 Å².